The monoisotopic (exact) mass is 375 g/mol. The quantitative estimate of drug-likeness (QED) is 0.526. The molecule has 0 aliphatic heterocycles. The fourth-order valence-electron chi connectivity index (χ4n) is 3.49. The number of amides is 1. The number of aromatic amines is 1. The second-order valence-electron chi connectivity index (χ2n) is 6.61. The SMILES string of the molecule is Cc1nc(C)c(C(=O)NC[C@H](c2ccccc2)c2c[nH]c3ccccc23)s1. The average molecular weight is 375 g/mol. The van der Waals surface area contributed by atoms with Gasteiger partial charge in [-0.1, -0.05) is 48.5 Å². The lowest BCUT2D eigenvalue weighted by molar-refractivity contribution is 0.0955. The smallest absolute Gasteiger partial charge is 0.263 e. The second kappa shape index (κ2) is 7.37. The number of aryl methyl sites for hydroxylation is 2. The number of benzene rings is 2. The van der Waals surface area contributed by atoms with Gasteiger partial charge in [-0.15, -0.1) is 11.3 Å². The Bertz CT molecular complexity index is 1080. The third-order valence-corrected chi connectivity index (χ3v) is 5.85. The van der Waals surface area contributed by atoms with E-state index in [0.717, 1.165) is 16.2 Å². The van der Waals surface area contributed by atoms with Crippen LogP contribution in [0, 0.1) is 13.8 Å². The Balaban J connectivity index is 1.65. The maximum atomic E-state index is 12.7. The van der Waals surface area contributed by atoms with Crippen LogP contribution in [0.4, 0.5) is 0 Å². The van der Waals surface area contributed by atoms with Crippen molar-refractivity contribution in [3.63, 3.8) is 0 Å². The highest BCUT2D eigenvalue weighted by atomic mass is 32.1. The number of hydrogen-bond acceptors (Lipinski definition) is 3. The van der Waals surface area contributed by atoms with Gasteiger partial charge in [-0.2, -0.15) is 0 Å². The Morgan fingerprint density at radius 1 is 1.11 bits per heavy atom. The van der Waals surface area contributed by atoms with E-state index in [1.165, 1.54) is 27.8 Å². The van der Waals surface area contributed by atoms with E-state index in [1.54, 1.807) is 0 Å². The van der Waals surface area contributed by atoms with Crippen molar-refractivity contribution in [1.29, 1.82) is 0 Å². The van der Waals surface area contributed by atoms with Crippen LogP contribution in [0.1, 0.15) is 37.4 Å². The van der Waals surface area contributed by atoms with Gasteiger partial charge in [0.05, 0.1) is 10.7 Å². The summed E-state index contributed by atoms with van der Waals surface area (Å²) in [5.41, 5.74) is 4.26. The predicted molar refractivity (Wildman–Crippen MR) is 111 cm³/mol. The van der Waals surface area contributed by atoms with Gasteiger partial charge in [-0.3, -0.25) is 4.79 Å². The molecule has 27 heavy (non-hydrogen) atoms. The number of nitrogens with zero attached hydrogens (tertiary/aromatic N) is 1. The number of hydrogen-bond donors (Lipinski definition) is 2. The summed E-state index contributed by atoms with van der Waals surface area (Å²) < 4.78 is 0. The van der Waals surface area contributed by atoms with Gasteiger partial charge in [0.25, 0.3) is 5.91 Å². The first-order valence-corrected chi connectivity index (χ1v) is 9.78. The first-order valence-electron chi connectivity index (χ1n) is 8.96. The lowest BCUT2D eigenvalue weighted by atomic mass is 9.91. The molecule has 2 aromatic carbocycles. The summed E-state index contributed by atoms with van der Waals surface area (Å²) >= 11 is 1.44. The van der Waals surface area contributed by atoms with E-state index in [0.29, 0.717) is 11.4 Å². The van der Waals surface area contributed by atoms with Crippen LogP contribution >= 0.6 is 11.3 Å². The standard InChI is InChI=1S/C22H21N3OS/c1-14-21(27-15(2)25-14)22(26)24-12-18(16-8-4-3-5-9-16)19-13-23-20-11-7-6-10-17(19)20/h3-11,13,18,23H,12H2,1-2H3,(H,24,26)/t18-/m1/s1. The highest BCUT2D eigenvalue weighted by molar-refractivity contribution is 7.13. The minimum atomic E-state index is -0.0566. The molecule has 0 spiro atoms. The molecular formula is C22H21N3OS. The van der Waals surface area contributed by atoms with Gasteiger partial charge in [0.1, 0.15) is 4.88 Å². The number of carbonyl (C=O) groups excluding carboxylic acids is 1. The minimum Gasteiger partial charge on any atom is -0.361 e. The summed E-state index contributed by atoms with van der Waals surface area (Å²) in [6.07, 6.45) is 2.05. The van der Waals surface area contributed by atoms with Crippen molar-refractivity contribution in [3.8, 4) is 0 Å². The summed E-state index contributed by atoms with van der Waals surface area (Å²) in [6, 6.07) is 18.6. The molecular weight excluding hydrogens is 354 g/mol. The lowest BCUT2D eigenvalue weighted by Gasteiger charge is -2.18. The van der Waals surface area contributed by atoms with Gasteiger partial charge >= 0.3 is 0 Å². The third-order valence-electron chi connectivity index (χ3n) is 4.78. The van der Waals surface area contributed by atoms with E-state index in [1.807, 2.05) is 44.2 Å². The molecule has 4 aromatic rings. The van der Waals surface area contributed by atoms with Gasteiger partial charge in [0.15, 0.2) is 0 Å². The van der Waals surface area contributed by atoms with E-state index in [9.17, 15) is 4.79 Å². The van der Waals surface area contributed by atoms with Crippen LogP contribution in [-0.4, -0.2) is 22.4 Å². The molecule has 0 saturated heterocycles. The highest BCUT2D eigenvalue weighted by Crippen LogP contribution is 2.30. The first-order chi connectivity index (χ1) is 13.1. The topological polar surface area (TPSA) is 57.8 Å². The number of rotatable bonds is 5. The molecule has 2 N–H and O–H groups in total. The normalized spacial score (nSPS) is 12.2. The zero-order valence-electron chi connectivity index (χ0n) is 15.3. The van der Waals surface area contributed by atoms with Crippen LogP contribution in [0.15, 0.2) is 60.8 Å². The Labute approximate surface area is 162 Å². The van der Waals surface area contributed by atoms with Crippen molar-refractivity contribution in [2.75, 3.05) is 6.54 Å². The predicted octanol–water partition coefficient (Wildman–Crippen LogP) is 4.80. The number of nitrogens with one attached hydrogen (secondary N) is 2. The Hall–Kier alpha value is -2.92. The molecule has 136 valence electrons. The zero-order chi connectivity index (χ0) is 18.8. The summed E-state index contributed by atoms with van der Waals surface area (Å²) in [4.78, 5) is 21.1. The number of aromatic nitrogens is 2. The van der Waals surface area contributed by atoms with Crippen molar-refractivity contribution < 1.29 is 4.79 Å². The molecule has 1 amide bonds. The Morgan fingerprint density at radius 2 is 1.85 bits per heavy atom. The maximum absolute atomic E-state index is 12.7. The van der Waals surface area contributed by atoms with E-state index in [4.69, 9.17) is 0 Å². The van der Waals surface area contributed by atoms with Crippen molar-refractivity contribution in [1.82, 2.24) is 15.3 Å². The van der Waals surface area contributed by atoms with Gasteiger partial charge in [-0.25, -0.2) is 4.98 Å². The number of carbonyl (C=O) groups is 1. The van der Waals surface area contributed by atoms with Crippen molar-refractivity contribution in [3.05, 3.63) is 87.5 Å². The van der Waals surface area contributed by atoms with Gasteiger partial charge in [0.2, 0.25) is 0 Å². The molecule has 0 bridgehead atoms. The minimum absolute atomic E-state index is 0.0566. The first kappa shape index (κ1) is 17.5. The fraction of sp³-hybridized carbons (Fsp3) is 0.182. The Morgan fingerprint density at radius 3 is 2.59 bits per heavy atom. The molecule has 0 fully saturated rings. The van der Waals surface area contributed by atoms with Crippen molar-refractivity contribution in [2.45, 2.75) is 19.8 Å². The van der Waals surface area contributed by atoms with Gasteiger partial charge < -0.3 is 10.3 Å². The third kappa shape index (κ3) is 3.51. The van der Waals surface area contributed by atoms with Crippen LogP contribution < -0.4 is 5.32 Å². The number of para-hydroxylation sites is 1. The molecule has 0 unspecified atom stereocenters. The zero-order valence-corrected chi connectivity index (χ0v) is 16.1. The summed E-state index contributed by atoms with van der Waals surface area (Å²) in [6.45, 7) is 4.33. The van der Waals surface area contributed by atoms with Crippen molar-refractivity contribution >= 4 is 28.1 Å². The molecule has 2 aromatic heterocycles. The molecule has 0 aliphatic rings. The largest absolute Gasteiger partial charge is 0.361 e. The maximum Gasteiger partial charge on any atom is 0.263 e. The van der Waals surface area contributed by atoms with Crippen LogP contribution in [0.25, 0.3) is 10.9 Å². The summed E-state index contributed by atoms with van der Waals surface area (Å²) in [7, 11) is 0. The van der Waals surface area contributed by atoms with Crippen LogP contribution in [0.3, 0.4) is 0 Å². The molecule has 0 radical (unpaired) electrons. The van der Waals surface area contributed by atoms with Gasteiger partial charge in [0, 0.05) is 29.6 Å². The van der Waals surface area contributed by atoms with Crippen molar-refractivity contribution in [2.24, 2.45) is 0 Å². The number of thiazole rings is 1. The van der Waals surface area contributed by atoms with E-state index in [-0.39, 0.29) is 11.8 Å². The van der Waals surface area contributed by atoms with Gasteiger partial charge in [-0.05, 0) is 31.0 Å². The number of H-pyrrole nitrogens is 1. The molecule has 0 aliphatic carbocycles. The van der Waals surface area contributed by atoms with E-state index in [2.05, 4.69) is 45.7 Å². The molecule has 5 heteroatoms. The molecule has 1 atom stereocenters. The highest BCUT2D eigenvalue weighted by Gasteiger charge is 2.20. The lowest BCUT2D eigenvalue weighted by Crippen LogP contribution is -2.28. The summed E-state index contributed by atoms with van der Waals surface area (Å²) in [5.74, 6) is 0.0134. The van der Waals surface area contributed by atoms with Crippen LogP contribution in [0.2, 0.25) is 0 Å². The van der Waals surface area contributed by atoms with E-state index < -0.39 is 0 Å². The Kier molecular flexibility index (Phi) is 4.77. The molecule has 4 nitrogen and oxygen atoms in total. The van der Waals surface area contributed by atoms with Crippen LogP contribution in [-0.2, 0) is 0 Å². The second-order valence-corrected chi connectivity index (χ2v) is 7.81. The number of fused-ring (bicyclic) bond motifs is 1. The molecule has 0 saturated carbocycles. The molecule has 4 rings (SSSR count). The average Bonchev–Trinajstić information content (AvgIpc) is 3.26. The van der Waals surface area contributed by atoms with E-state index >= 15 is 0 Å². The molecule has 2 heterocycles. The van der Waals surface area contributed by atoms with Crippen LogP contribution in [0.5, 0.6) is 0 Å². The summed E-state index contributed by atoms with van der Waals surface area (Å²) in [5, 5.41) is 5.22. The fourth-order valence-corrected chi connectivity index (χ4v) is 4.33.